The second kappa shape index (κ2) is 5.55. The molecule has 3 rings (SSSR count). The van der Waals surface area contributed by atoms with E-state index in [4.69, 9.17) is 5.73 Å². The van der Waals surface area contributed by atoms with Crippen LogP contribution in [0.4, 0.5) is 5.82 Å². The predicted octanol–water partition coefficient (Wildman–Crippen LogP) is 1.66. The molecule has 0 saturated heterocycles. The van der Waals surface area contributed by atoms with Gasteiger partial charge in [0.2, 0.25) is 0 Å². The molecule has 116 valence electrons. The highest BCUT2D eigenvalue weighted by molar-refractivity contribution is 5.97. The van der Waals surface area contributed by atoms with E-state index < -0.39 is 11.9 Å². The largest absolute Gasteiger partial charge is 0.320 e. The Labute approximate surface area is 129 Å². The quantitative estimate of drug-likeness (QED) is 0.844. The second-order valence-electron chi connectivity index (χ2n) is 5.91. The molecule has 22 heavy (non-hydrogen) atoms. The maximum absolute atomic E-state index is 11.8. The Morgan fingerprint density at radius 3 is 2.68 bits per heavy atom. The van der Waals surface area contributed by atoms with E-state index in [1.165, 1.54) is 0 Å². The van der Waals surface area contributed by atoms with Gasteiger partial charge in [-0.3, -0.25) is 14.7 Å². The van der Waals surface area contributed by atoms with E-state index in [-0.39, 0.29) is 6.04 Å². The Morgan fingerprint density at radius 2 is 2.05 bits per heavy atom. The fraction of sp³-hybridized carbons (Fsp3) is 0.375. The maximum Gasteiger partial charge on any atom is 0.269 e. The van der Waals surface area contributed by atoms with Gasteiger partial charge in [0.25, 0.3) is 5.91 Å². The van der Waals surface area contributed by atoms with Crippen LogP contribution in [0.3, 0.4) is 0 Å². The number of carbonyl (C=O) groups is 1. The fourth-order valence-electron chi connectivity index (χ4n) is 2.84. The molecule has 1 aromatic carbocycles. The van der Waals surface area contributed by atoms with Gasteiger partial charge in [-0.1, -0.05) is 30.3 Å². The first-order valence-corrected chi connectivity index (χ1v) is 7.41. The lowest BCUT2D eigenvalue weighted by molar-refractivity contribution is -0.125. The van der Waals surface area contributed by atoms with E-state index >= 15 is 0 Å². The molecule has 0 unspecified atom stereocenters. The summed E-state index contributed by atoms with van der Waals surface area (Å²) in [6.45, 7) is 4.05. The first-order chi connectivity index (χ1) is 10.5. The smallest absolute Gasteiger partial charge is 0.269 e. The molecule has 0 radical (unpaired) electrons. The minimum atomic E-state index is -0.725. The van der Waals surface area contributed by atoms with Crippen molar-refractivity contribution in [2.75, 3.05) is 5.06 Å². The van der Waals surface area contributed by atoms with E-state index in [1.54, 1.807) is 0 Å². The molecule has 0 spiro atoms. The van der Waals surface area contributed by atoms with Crippen molar-refractivity contribution in [2.24, 2.45) is 5.73 Å². The number of hydrogen-bond donors (Lipinski definition) is 2. The van der Waals surface area contributed by atoms with E-state index in [1.807, 2.05) is 36.7 Å². The number of amides is 1. The summed E-state index contributed by atoms with van der Waals surface area (Å²) >= 11 is 0. The zero-order chi connectivity index (χ0) is 15.9. The van der Waals surface area contributed by atoms with Gasteiger partial charge in [-0.05, 0) is 19.4 Å². The molecule has 0 bridgehead atoms. The van der Waals surface area contributed by atoms with Crippen LogP contribution < -0.4 is 10.8 Å². The highest BCUT2D eigenvalue weighted by Gasteiger charge is 2.35. The normalized spacial score (nSPS) is 18.0. The number of hydroxylamine groups is 1. The minimum Gasteiger partial charge on any atom is -0.320 e. The van der Waals surface area contributed by atoms with Crippen molar-refractivity contribution in [1.82, 2.24) is 9.78 Å². The number of anilines is 1. The van der Waals surface area contributed by atoms with Crippen LogP contribution in [0.15, 0.2) is 30.3 Å². The van der Waals surface area contributed by atoms with Crippen LogP contribution in [-0.2, 0) is 17.6 Å². The number of fused-ring (bicyclic) bond motifs is 1. The van der Waals surface area contributed by atoms with Gasteiger partial charge in [0.15, 0.2) is 5.82 Å². The molecule has 1 aliphatic heterocycles. The van der Waals surface area contributed by atoms with E-state index in [0.29, 0.717) is 23.7 Å². The van der Waals surface area contributed by atoms with Gasteiger partial charge in [-0.25, -0.2) is 0 Å². The number of hydrogen-bond acceptors (Lipinski definition) is 4. The molecule has 2 heterocycles. The van der Waals surface area contributed by atoms with Crippen molar-refractivity contribution in [1.29, 1.82) is 0 Å². The van der Waals surface area contributed by atoms with Crippen molar-refractivity contribution in [3.05, 3.63) is 47.2 Å². The van der Waals surface area contributed by atoms with Crippen molar-refractivity contribution in [2.45, 2.75) is 38.8 Å². The maximum atomic E-state index is 11.8. The minimum absolute atomic E-state index is 0.129. The zero-order valence-electron chi connectivity index (χ0n) is 12.7. The number of aromatic nitrogens is 2. The molecule has 0 saturated carbocycles. The van der Waals surface area contributed by atoms with Gasteiger partial charge in [0.05, 0.1) is 6.04 Å². The molecule has 6 heteroatoms. The van der Waals surface area contributed by atoms with Crippen LogP contribution in [0.1, 0.15) is 36.7 Å². The SMILES string of the molecule is CC(C)n1nc2c(c1Cc1ccccc1)C[C@H](N)C(=O)N2O. The molecule has 1 atom stereocenters. The molecule has 2 aromatic rings. The van der Waals surface area contributed by atoms with Gasteiger partial charge in [0.1, 0.15) is 0 Å². The third-order valence-corrected chi connectivity index (χ3v) is 3.95. The third-order valence-electron chi connectivity index (χ3n) is 3.95. The number of benzene rings is 1. The van der Waals surface area contributed by atoms with Gasteiger partial charge in [-0.2, -0.15) is 10.2 Å². The first kappa shape index (κ1) is 14.7. The lowest BCUT2D eigenvalue weighted by Crippen LogP contribution is -2.47. The Balaban J connectivity index is 2.08. The van der Waals surface area contributed by atoms with Crippen LogP contribution in [-0.4, -0.2) is 26.9 Å². The topological polar surface area (TPSA) is 84.4 Å². The Morgan fingerprint density at radius 1 is 1.36 bits per heavy atom. The Bertz CT molecular complexity index is 694. The Kier molecular flexibility index (Phi) is 3.72. The molecule has 0 aliphatic carbocycles. The number of rotatable bonds is 3. The van der Waals surface area contributed by atoms with Crippen molar-refractivity contribution >= 4 is 11.7 Å². The van der Waals surface area contributed by atoms with Crippen molar-refractivity contribution < 1.29 is 10.0 Å². The monoisotopic (exact) mass is 300 g/mol. The molecular weight excluding hydrogens is 280 g/mol. The molecular formula is C16H20N4O2. The number of carbonyl (C=O) groups excluding carboxylic acids is 1. The van der Waals surface area contributed by atoms with Gasteiger partial charge in [0, 0.05) is 30.1 Å². The predicted molar refractivity (Wildman–Crippen MR) is 82.8 cm³/mol. The van der Waals surface area contributed by atoms with E-state index in [0.717, 1.165) is 16.8 Å². The van der Waals surface area contributed by atoms with Crippen LogP contribution in [0, 0.1) is 0 Å². The van der Waals surface area contributed by atoms with Gasteiger partial charge < -0.3 is 5.73 Å². The molecule has 3 N–H and O–H groups in total. The number of nitrogens with two attached hydrogens (primary N) is 1. The fourth-order valence-corrected chi connectivity index (χ4v) is 2.84. The lowest BCUT2D eigenvalue weighted by atomic mass is 9.98. The van der Waals surface area contributed by atoms with E-state index in [2.05, 4.69) is 17.2 Å². The molecule has 1 amide bonds. The van der Waals surface area contributed by atoms with Crippen molar-refractivity contribution in [3.63, 3.8) is 0 Å². The molecule has 1 aliphatic rings. The second-order valence-corrected chi connectivity index (χ2v) is 5.91. The van der Waals surface area contributed by atoms with Crippen molar-refractivity contribution in [3.8, 4) is 0 Å². The van der Waals surface area contributed by atoms with Crippen LogP contribution in [0.25, 0.3) is 0 Å². The Hall–Kier alpha value is -2.18. The summed E-state index contributed by atoms with van der Waals surface area (Å²) in [7, 11) is 0. The van der Waals surface area contributed by atoms with Gasteiger partial charge >= 0.3 is 0 Å². The summed E-state index contributed by atoms with van der Waals surface area (Å²) in [6, 6.07) is 9.46. The molecule has 0 fully saturated rings. The average molecular weight is 300 g/mol. The summed E-state index contributed by atoms with van der Waals surface area (Å²) in [6.07, 6.45) is 1.09. The van der Waals surface area contributed by atoms with E-state index in [9.17, 15) is 10.0 Å². The summed E-state index contributed by atoms with van der Waals surface area (Å²) in [4.78, 5) is 11.8. The standard InChI is InChI=1S/C16H20N4O2/c1-10(2)19-14(8-11-6-4-3-5-7-11)12-9-13(17)16(21)20(22)15(12)18-19/h3-7,10,13,22H,8-9,17H2,1-2H3/t13-/m0/s1. The lowest BCUT2D eigenvalue weighted by Gasteiger charge is -2.24. The summed E-state index contributed by atoms with van der Waals surface area (Å²) in [5.74, 6) is -0.196. The number of nitrogens with zero attached hydrogens (tertiary/aromatic N) is 3. The first-order valence-electron chi connectivity index (χ1n) is 7.41. The highest BCUT2D eigenvalue weighted by Crippen LogP contribution is 2.31. The van der Waals surface area contributed by atoms with Gasteiger partial charge in [-0.15, -0.1) is 0 Å². The van der Waals surface area contributed by atoms with Crippen LogP contribution in [0.5, 0.6) is 0 Å². The molecule has 6 nitrogen and oxygen atoms in total. The molecule has 1 aromatic heterocycles. The third kappa shape index (κ3) is 2.40. The summed E-state index contributed by atoms with van der Waals surface area (Å²) in [5.41, 5.74) is 8.85. The van der Waals surface area contributed by atoms with Crippen LogP contribution >= 0.6 is 0 Å². The highest BCUT2D eigenvalue weighted by atomic mass is 16.5. The summed E-state index contributed by atoms with van der Waals surface area (Å²) < 4.78 is 1.87. The van der Waals surface area contributed by atoms with Crippen LogP contribution in [0.2, 0.25) is 0 Å². The summed E-state index contributed by atoms with van der Waals surface area (Å²) in [5, 5.41) is 15.0. The zero-order valence-corrected chi connectivity index (χ0v) is 12.7. The average Bonchev–Trinajstić information content (AvgIpc) is 2.85.